The first-order valence-corrected chi connectivity index (χ1v) is 10.6. The number of carbonyl (C=O) groups is 1. The average Bonchev–Trinajstić information content (AvgIpc) is 3.59. The molecule has 1 aromatic rings. The van der Waals surface area contributed by atoms with E-state index >= 15 is 0 Å². The Kier molecular flexibility index (Phi) is 3.94. The Morgan fingerprint density at radius 3 is 2.85 bits per heavy atom. The van der Waals surface area contributed by atoms with Crippen molar-refractivity contribution in [3.05, 3.63) is 17.5 Å². The monoisotopic (exact) mass is 354 g/mol. The fraction of sp³-hybridized carbons (Fsp3) is 0.762. The molecule has 0 radical (unpaired) electrons. The van der Waals surface area contributed by atoms with Gasteiger partial charge in [0.15, 0.2) is 0 Å². The summed E-state index contributed by atoms with van der Waals surface area (Å²) >= 11 is 0. The molecular formula is C21H30N4O. The maximum atomic E-state index is 12.7. The van der Waals surface area contributed by atoms with Crippen LogP contribution in [0.1, 0.15) is 69.0 Å². The summed E-state index contributed by atoms with van der Waals surface area (Å²) in [6.45, 7) is 1.67. The molecule has 4 aliphatic carbocycles. The second kappa shape index (κ2) is 6.21. The number of rotatable bonds is 6. The maximum absolute atomic E-state index is 12.7. The minimum Gasteiger partial charge on any atom is -0.355 e. The van der Waals surface area contributed by atoms with Gasteiger partial charge in [-0.2, -0.15) is 0 Å². The number of amides is 1. The van der Waals surface area contributed by atoms with Gasteiger partial charge >= 0.3 is 0 Å². The second-order valence-corrected chi connectivity index (χ2v) is 9.21. The quantitative estimate of drug-likeness (QED) is 0.823. The molecule has 0 aliphatic heterocycles. The fourth-order valence-corrected chi connectivity index (χ4v) is 5.15. The Labute approximate surface area is 155 Å². The molecule has 0 saturated heterocycles. The molecule has 1 aromatic heterocycles. The summed E-state index contributed by atoms with van der Waals surface area (Å²) in [4.78, 5) is 21.9. The molecule has 5 nitrogen and oxygen atoms in total. The van der Waals surface area contributed by atoms with Crippen molar-refractivity contribution in [3.8, 4) is 0 Å². The second-order valence-electron chi connectivity index (χ2n) is 9.21. The highest BCUT2D eigenvalue weighted by atomic mass is 16.2. The lowest BCUT2D eigenvalue weighted by atomic mass is 9.87. The molecule has 4 aliphatic rings. The molecule has 2 unspecified atom stereocenters. The van der Waals surface area contributed by atoms with Crippen molar-refractivity contribution in [2.75, 3.05) is 18.4 Å². The Bertz CT molecular complexity index is 714. The lowest BCUT2D eigenvalue weighted by molar-refractivity contribution is -0.127. The Morgan fingerprint density at radius 1 is 1.12 bits per heavy atom. The van der Waals surface area contributed by atoms with Gasteiger partial charge in [-0.05, 0) is 69.3 Å². The van der Waals surface area contributed by atoms with Gasteiger partial charge in [-0.15, -0.1) is 0 Å². The number of fused-ring (bicyclic) bond motifs is 2. The predicted octanol–water partition coefficient (Wildman–Crippen LogP) is 3.24. The van der Waals surface area contributed by atoms with E-state index in [2.05, 4.69) is 15.6 Å². The zero-order valence-corrected chi connectivity index (χ0v) is 15.6. The lowest BCUT2D eigenvalue weighted by Crippen LogP contribution is -2.39. The van der Waals surface area contributed by atoms with Crippen LogP contribution < -0.4 is 10.6 Å². The summed E-state index contributed by atoms with van der Waals surface area (Å²) in [5, 5.41) is 6.75. The molecule has 3 fully saturated rings. The van der Waals surface area contributed by atoms with E-state index in [0.717, 1.165) is 44.7 Å². The van der Waals surface area contributed by atoms with E-state index < -0.39 is 0 Å². The van der Waals surface area contributed by atoms with Crippen molar-refractivity contribution in [1.29, 1.82) is 0 Å². The summed E-state index contributed by atoms with van der Waals surface area (Å²) in [6.07, 6.45) is 15.1. The van der Waals surface area contributed by atoms with E-state index in [9.17, 15) is 4.79 Å². The van der Waals surface area contributed by atoms with E-state index in [0.29, 0.717) is 11.8 Å². The number of hydrogen-bond donors (Lipinski definition) is 2. The van der Waals surface area contributed by atoms with Gasteiger partial charge in [0.2, 0.25) is 11.9 Å². The number of aromatic nitrogens is 2. The Balaban J connectivity index is 1.14. The van der Waals surface area contributed by atoms with Crippen LogP contribution in [0.4, 0.5) is 5.95 Å². The molecular weight excluding hydrogens is 324 g/mol. The number of anilines is 1. The van der Waals surface area contributed by atoms with Gasteiger partial charge in [0.1, 0.15) is 0 Å². The van der Waals surface area contributed by atoms with Crippen molar-refractivity contribution in [1.82, 2.24) is 15.3 Å². The van der Waals surface area contributed by atoms with E-state index in [1.54, 1.807) is 0 Å². The Hall–Kier alpha value is -1.65. The van der Waals surface area contributed by atoms with Gasteiger partial charge in [-0.25, -0.2) is 9.97 Å². The van der Waals surface area contributed by atoms with Gasteiger partial charge in [0, 0.05) is 30.4 Å². The first-order chi connectivity index (χ1) is 12.7. The van der Waals surface area contributed by atoms with Crippen molar-refractivity contribution >= 4 is 11.9 Å². The molecule has 2 atom stereocenters. The third-order valence-electron chi connectivity index (χ3n) is 7.38. The van der Waals surface area contributed by atoms with E-state index in [4.69, 9.17) is 4.98 Å². The van der Waals surface area contributed by atoms with Crippen LogP contribution in [0.15, 0.2) is 6.20 Å². The SMILES string of the molecule is O=C(NCC1(CNc2ncc3c(n2)CCCC3)CC1)C12CCCCC1C2. The number of aryl methyl sites for hydroxylation is 2. The highest BCUT2D eigenvalue weighted by molar-refractivity contribution is 5.86. The highest BCUT2D eigenvalue weighted by Crippen LogP contribution is 2.61. The summed E-state index contributed by atoms with van der Waals surface area (Å²) in [5.74, 6) is 1.77. The number of nitrogens with one attached hydrogen (secondary N) is 2. The first-order valence-electron chi connectivity index (χ1n) is 10.6. The summed E-state index contributed by atoms with van der Waals surface area (Å²) in [6, 6.07) is 0. The molecule has 0 spiro atoms. The normalized spacial score (nSPS) is 30.7. The smallest absolute Gasteiger partial charge is 0.226 e. The number of hydrogen-bond acceptors (Lipinski definition) is 4. The van der Waals surface area contributed by atoms with Gasteiger partial charge in [0.25, 0.3) is 0 Å². The van der Waals surface area contributed by atoms with Crippen molar-refractivity contribution in [2.45, 2.75) is 70.6 Å². The number of nitrogens with zero attached hydrogens (tertiary/aromatic N) is 2. The first kappa shape index (κ1) is 16.5. The fourth-order valence-electron chi connectivity index (χ4n) is 5.15. The van der Waals surface area contributed by atoms with E-state index in [1.165, 1.54) is 56.2 Å². The van der Waals surface area contributed by atoms with Crippen LogP contribution in [0.25, 0.3) is 0 Å². The highest BCUT2D eigenvalue weighted by Gasteiger charge is 2.60. The zero-order valence-electron chi connectivity index (χ0n) is 15.6. The summed E-state index contributed by atoms with van der Waals surface area (Å²) < 4.78 is 0. The molecule has 3 saturated carbocycles. The van der Waals surface area contributed by atoms with Crippen molar-refractivity contribution < 1.29 is 4.79 Å². The van der Waals surface area contributed by atoms with Crippen LogP contribution in [0.3, 0.4) is 0 Å². The molecule has 0 bridgehead atoms. The van der Waals surface area contributed by atoms with E-state index in [-0.39, 0.29) is 10.8 Å². The van der Waals surface area contributed by atoms with Crippen LogP contribution in [0, 0.1) is 16.7 Å². The Morgan fingerprint density at radius 2 is 2.00 bits per heavy atom. The molecule has 5 rings (SSSR count). The standard InChI is InChI=1S/C21H30N4O/c26-18(21-8-4-3-6-16(21)11-21)23-13-20(9-10-20)14-24-19-22-12-15-5-1-2-7-17(15)25-19/h12,16H,1-11,13-14H2,(H,23,26)(H,22,24,25). The largest absolute Gasteiger partial charge is 0.355 e. The molecule has 1 heterocycles. The lowest BCUT2D eigenvalue weighted by Gasteiger charge is -2.23. The average molecular weight is 354 g/mol. The van der Waals surface area contributed by atoms with Crippen molar-refractivity contribution in [2.24, 2.45) is 16.7 Å². The molecule has 26 heavy (non-hydrogen) atoms. The number of carbonyl (C=O) groups excluding carboxylic acids is 1. The topological polar surface area (TPSA) is 66.9 Å². The van der Waals surface area contributed by atoms with E-state index in [1.807, 2.05) is 6.20 Å². The van der Waals surface area contributed by atoms with Crippen LogP contribution in [-0.2, 0) is 17.6 Å². The molecule has 0 aromatic carbocycles. The molecule has 5 heteroatoms. The van der Waals surface area contributed by atoms with Crippen LogP contribution in [0.5, 0.6) is 0 Å². The minimum absolute atomic E-state index is 0.0172. The zero-order chi connectivity index (χ0) is 17.6. The van der Waals surface area contributed by atoms with Crippen LogP contribution in [0.2, 0.25) is 0 Å². The molecule has 1 amide bonds. The van der Waals surface area contributed by atoms with Gasteiger partial charge in [0.05, 0.1) is 5.41 Å². The summed E-state index contributed by atoms with van der Waals surface area (Å²) in [7, 11) is 0. The van der Waals surface area contributed by atoms with Crippen molar-refractivity contribution in [3.63, 3.8) is 0 Å². The third-order valence-corrected chi connectivity index (χ3v) is 7.38. The van der Waals surface area contributed by atoms with Gasteiger partial charge in [-0.3, -0.25) is 4.79 Å². The van der Waals surface area contributed by atoms with Crippen LogP contribution >= 0.6 is 0 Å². The third kappa shape index (κ3) is 2.99. The molecule has 140 valence electrons. The van der Waals surface area contributed by atoms with Crippen LogP contribution in [-0.4, -0.2) is 29.0 Å². The molecule has 2 N–H and O–H groups in total. The minimum atomic E-state index is 0.0172. The summed E-state index contributed by atoms with van der Waals surface area (Å²) in [5.41, 5.74) is 2.78. The maximum Gasteiger partial charge on any atom is 0.226 e. The van der Waals surface area contributed by atoms with Gasteiger partial charge in [-0.1, -0.05) is 12.8 Å². The predicted molar refractivity (Wildman–Crippen MR) is 101 cm³/mol. The van der Waals surface area contributed by atoms with Gasteiger partial charge < -0.3 is 10.6 Å².